The van der Waals surface area contributed by atoms with E-state index in [0.717, 1.165) is 10.6 Å². The highest BCUT2D eigenvalue weighted by atomic mass is 32.2. The van der Waals surface area contributed by atoms with Crippen molar-refractivity contribution in [2.45, 2.75) is 33.1 Å². The predicted molar refractivity (Wildman–Crippen MR) is 104 cm³/mol. The lowest BCUT2D eigenvalue weighted by atomic mass is 10.1. The van der Waals surface area contributed by atoms with Crippen LogP contribution in [0.25, 0.3) is 0 Å². The number of benzene rings is 1. The number of anilines is 1. The summed E-state index contributed by atoms with van der Waals surface area (Å²) in [6.07, 6.45) is 1.20. The zero-order valence-corrected chi connectivity index (χ0v) is 16.8. The monoisotopic (exact) mass is 393 g/mol. The van der Waals surface area contributed by atoms with E-state index in [0.29, 0.717) is 45.4 Å². The van der Waals surface area contributed by atoms with Gasteiger partial charge in [-0.25, -0.2) is 8.42 Å². The second-order valence-corrected chi connectivity index (χ2v) is 9.37. The first-order chi connectivity index (χ1) is 12.8. The molecular formula is C19H27N3O4S. The van der Waals surface area contributed by atoms with Crippen molar-refractivity contribution in [2.75, 3.05) is 43.4 Å². The molecule has 0 aliphatic carbocycles. The van der Waals surface area contributed by atoms with Gasteiger partial charge in [0.05, 0.1) is 5.75 Å². The second-order valence-electron chi connectivity index (χ2n) is 7.28. The summed E-state index contributed by atoms with van der Waals surface area (Å²) in [7, 11) is -3.49. The quantitative estimate of drug-likeness (QED) is 0.705. The summed E-state index contributed by atoms with van der Waals surface area (Å²) in [6, 6.07) is 6.29. The molecular weight excluding hydrogens is 366 g/mol. The highest BCUT2D eigenvalue weighted by Gasteiger charge is 2.31. The van der Waals surface area contributed by atoms with Gasteiger partial charge in [0.1, 0.15) is 0 Å². The minimum Gasteiger partial charge on any atom is -0.369 e. The third kappa shape index (κ3) is 4.50. The van der Waals surface area contributed by atoms with Gasteiger partial charge < -0.3 is 4.90 Å². The molecule has 2 amide bonds. The van der Waals surface area contributed by atoms with E-state index in [1.165, 1.54) is 15.4 Å². The molecule has 2 aliphatic heterocycles. The van der Waals surface area contributed by atoms with Crippen molar-refractivity contribution in [3.8, 4) is 0 Å². The predicted octanol–water partition coefficient (Wildman–Crippen LogP) is 1.29. The Hall–Kier alpha value is -1.93. The summed E-state index contributed by atoms with van der Waals surface area (Å²) in [6.45, 7) is 6.15. The van der Waals surface area contributed by atoms with E-state index in [2.05, 4.69) is 30.0 Å². The van der Waals surface area contributed by atoms with Crippen LogP contribution in [0.4, 0.5) is 5.69 Å². The van der Waals surface area contributed by atoms with Crippen LogP contribution in [-0.2, 0) is 19.6 Å². The van der Waals surface area contributed by atoms with E-state index in [-0.39, 0.29) is 24.1 Å². The molecule has 2 fully saturated rings. The van der Waals surface area contributed by atoms with Gasteiger partial charge in [0.2, 0.25) is 21.8 Å². The highest BCUT2D eigenvalue weighted by Crippen LogP contribution is 2.23. The molecule has 1 aromatic carbocycles. The van der Waals surface area contributed by atoms with Gasteiger partial charge in [-0.2, -0.15) is 4.31 Å². The standard InChI is InChI=1S/C19H27N3O4S/c1-15-6-7-16(2)17(14-15)20-8-10-21(11-9-20)27(25,26)13-12-22-18(23)4-3-5-19(22)24/h6-7,14H,3-5,8-13H2,1-2H3. The van der Waals surface area contributed by atoms with Gasteiger partial charge in [0.25, 0.3) is 0 Å². The third-order valence-electron chi connectivity index (χ3n) is 5.29. The zero-order chi connectivity index (χ0) is 19.6. The van der Waals surface area contributed by atoms with Gasteiger partial charge in [-0.05, 0) is 37.5 Å². The molecule has 2 saturated heterocycles. The molecule has 0 aromatic heterocycles. The summed E-state index contributed by atoms with van der Waals surface area (Å²) in [5, 5.41) is 0. The number of aryl methyl sites for hydroxylation is 2. The van der Waals surface area contributed by atoms with E-state index in [9.17, 15) is 18.0 Å². The number of carbonyl (C=O) groups excluding carboxylic acids is 2. The van der Waals surface area contributed by atoms with Crippen LogP contribution >= 0.6 is 0 Å². The number of piperidine rings is 1. The summed E-state index contributed by atoms with van der Waals surface area (Å²) < 4.78 is 26.8. The van der Waals surface area contributed by atoms with E-state index in [4.69, 9.17) is 0 Å². The lowest BCUT2D eigenvalue weighted by molar-refractivity contribution is -0.147. The van der Waals surface area contributed by atoms with Crippen molar-refractivity contribution in [1.82, 2.24) is 9.21 Å². The molecule has 27 heavy (non-hydrogen) atoms. The summed E-state index contributed by atoms with van der Waals surface area (Å²) in [5.41, 5.74) is 3.51. The number of amides is 2. The number of carbonyl (C=O) groups is 2. The number of likely N-dealkylation sites (tertiary alicyclic amines) is 1. The van der Waals surface area contributed by atoms with Gasteiger partial charge in [-0.15, -0.1) is 0 Å². The van der Waals surface area contributed by atoms with E-state index >= 15 is 0 Å². The molecule has 0 N–H and O–H groups in total. The number of hydrogen-bond donors (Lipinski definition) is 0. The fraction of sp³-hybridized carbons (Fsp3) is 0.579. The van der Waals surface area contributed by atoms with Crippen LogP contribution < -0.4 is 4.90 Å². The highest BCUT2D eigenvalue weighted by molar-refractivity contribution is 7.89. The second kappa shape index (κ2) is 7.98. The average Bonchev–Trinajstić information content (AvgIpc) is 2.63. The lowest BCUT2D eigenvalue weighted by Crippen LogP contribution is -2.51. The molecule has 0 unspecified atom stereocenters. The Morgan fingerprint density at radius 3 is 2.22 bits per heavy atom. The van der Waals surface area contributed by atoms with Gasteiger partial charge in [-0.1, -0.05) is 12.1 Å². The van der Waals surface area contributed by atoms with Crippen LogP contribution in [0.2, 0.25) is 0 Å². The first kappa shape index (κ1) is 19.8. The van der Waals surface area contributed by atoms with E-state index < -0.39 is 10.0 Å². The molecule has 7 nitrogen and oxygen atoms in total. The first-order valence-electron chi connectivity index (χ1n) is 9.41. The number of rotatable bonds is 5. The molecule has 2 heterocycles. The number of sulfonamides is 1. The van der Waals surface area contributed by atoms with Gasteiger partial charge in [0.15, 0.2) is 0 Å². The number of hydrogen-bond acceptors (Lipinski definition) is 5. The smallest absolute Gasteiger partial charge is 0.229 e. The Morgan fingerprint density at radius 2 is 1.59 bits per heavy atom. The number of imide groups is 1. The Morgan fingerprint density at radius 1 is 0.963 bits per heavy atom. The van der Waals surface area contributed by atoms with Crippen LogP contribution in [0.1, 0.15) is 30.4 Å². The SMILES string of the molecule is Cc1ccc(C)c(N2CCN(S(=O)(=O)CCN3C(=O)CCCC3=O)CC2)c1. The Labute approximate surface area is 161 Å². The van der Waals surface area contributed by atoms with Crippen LogP contribution in [0, 0.1) is 13.8 Å². The molecule has 0 saturated carbocycles. The fourth-order valence-corrected chi connectivity index (χ4v) is 5.04. The van der Waals surface area contributed by atoms with Crippen molar-refractivity contribution >= 4 is 27.5 Å². The largest absolute Gasteiger partial charge is 0.369 e. The van der Waals surface area contributed by atoms with Crippen molar-refractivity contribution in [1.29, 1.82) is 0 Å². The third-order valence-corrected chi connectivity index (χ3v) is 7.14. The maximum Gasteiger partial charge on any atom is 0.229 e. The maximum absolute atomic E-state index is 12.7. The van der Waals surface area contributed by atoms with Gasteiger partial charge in [0, 0.05) is 51.3 Å². The zero-order valence-electron chi connectivity index (χ0n) is 16.0. The Bertz CT molecular complexity index is 813. The number of piperazine rings is 1. The normalized spacial score (nSPS) is 19.6. The molecule has 8 heteroatoms. The van der Waals surface area contributed by atoms with Crippen molar-refractivity contribution in [3.63, 3.8) is 0 Å². The van der Waals surface area contributed by atoms with E-state index in [1.807, 2.05) is 6.92 Å². The van der Waals surface area contributed by atoms with Crippen LogP contribution in [0.15, 0.2) is 18.2 Å². The Kier molecular flexibility index (Phi) is 5.86. The molecule has 148 valence electrons. The average molecular weight is 394 g/mol. The van der Waals surface area contributed by atoms with Crippen LogP contribution in [0.5, 0.6) is 0 Å². The van der Waals surface area contributed by atoms with Crippen molar-refractivity contribution in [3.05, 3.63) is 29.3 Å². The molecule has 3 rings (SSSR count). The topological polar surface area (TPSA) is 78.0 Å². The van der Waals surface area contributed by atoms with E-state index in [1.54, 1.807) is 0 Å². The molecule has 2 aliphatic rings. The molecule has 0 spiro atoms. The minimum atomic E-state index is -3.49. The van der Waals surface area contributed by atoms with Gasteiger partial charge in [-0.3, -0.25) is 14.5 Å². The number of nitrogens with zero attached hydrogens (tertiary/aromatic N) is 3. The summed E-state index contributed by atoms with van der Waals surface area (Å²) in [5.74, 6) is -0.726. The first-order valence-corrected chi connectivity index (χ1v) is 11.0. The maximum atomic E-state index is 12.7. The molecule has 0 radical (unpaired) electrons. The molecule has 1 aromatic rings. The van der Waals surface area contributed by atoms with Crippen molar-refractivity contribution in [2.24, 2.45) is 0 Å². The molecule has 0 atom stereocenters. The summed E-state index contributed by atoms with van der Waals surface area (Å²) in [4.78, 5) is 27.0. The van der Waals surface area contributed by atoms with Crippen LogP contribution in [0.3, 0.4) is 0 Å². The lowest BCUT2D eigenvalue weighted by Gasteiger charge is -2.36. The molecule has 0 bridgehead atoms. The minimum absolute atomic E-state index is 0.0444. The fourth-order valence-electron chi connectivity index (χ4n) is 3.65. The van der Waals surface area contributed by atoms with Crippen molar-refractivity contribution < 1.29 is 18.0 Å². The Balaban J connectivity index is 1.58. The van der Waals surface area contributed by atoms with Crippen LogP contribution in [-0.4, -0.2) is 67.9 Å². The summed E-state index contributed by atoms with van der Waals surface area (Å²) >= 11 is 0. The van der Waals surface area contributed by atoms with Gasteiger partial charge >= 0.3 is 0 Å².